The van der Waals surface area contributed by atoms with Crippen molar-refractivity contribution < 1.29 is 4.79 Å². The highest BCUT2D eigenvalue weighted by molar-refractivity contribution is 7.98. The van der Waals surface area contributed by atoms with E-state index in [2.05, 4.69) is 30.7 Å². The number of hydrogen-bond acceptors (Lipinski definition) is 4. The lowest BCUT2D eigenvalue weighted by Gasteiger charge is -2.29. The molecule has 0 radical (unpaired) electrons. The highest BCUT2D eigenvalue weighted by atomic mass is 32.2. The number of carbonyl (C=O) groups is 1. The summed E-state index contributed by atoms with van der Waals surface area (Å²) >= 11 is 1.85. The van der Waals surface area contributed by atoms with Gasteiger partial charge in [0.2, 0.25) is 0 Å². The van der Waals surface area contributed by atoms with Crippen LogP contribution in [0.15, 0.2) is 6.20 Å². The molecule has 0 aromatic carbocycles. The van der Waals surface area contributed by atoms with Crippen LogP contribution in [0.5, 0.6) is 0 Å². The van der Waals surface area contributed by atoms with E-state index in [0.717, 1.165) is 35.0 Å². The summed E-state index contributed by atoms with van der Waals surface area (Å²) in [5.74, 6) is 3.02. The average molecular weight is 264 g/mol. The Hall–Kier alpha value is -0.900. The quantitative estimate of drug-likeness (QED) is 0.783. The Bertz CT molecular complexity index is 457. The summed E-state index contributed by atoms with van der Waals surface area (Å²) in [7, 11) is 0. The first-order valence-corrected chi connectivity index (χ1v) is 7.63. The largest absolute Gasteiger partial charge is 0.294 e. The molecule has 1 heterocycles. The van der Waals surface area contributed by atoms with Crippen molar-refractivity contribution in [2.24, 2.45) is 5.41 Å². The van der Waals surface area contributed by atoms with Crippen molar-refractivity contribution in [1.29, 1.82) is 0 Å². The van der Waals surface area contributed by atoms with E-state index in [1.165, 1.54) is 6.42 Å². The van der Waals surface area contributed by atoms with Crippen LogP contribution in [0.2, 0.25) is 0 Å². The van der Waals surface area contributed by atoms with Gasteiger partial charge in [-0.15, -0.1) is 0 Å². The van der Waals surface area contributed by atoms with Gasteiger partial charge in [-0.1, -0.05) is 20.8 Å². The third-order valence-corrected chi connectivity index (χ3v) is 4.24. The molecule has 0 N–H and O–H groups in total. The molecule has 3 nitrogen and oxygen atoms in total. The van der Waals surface area contributed by atoms with Crippen molar-refractivity contribution in [2.75, 3.05) is 5.75 Å². The van der Waals surface area contributed by atoms with E-state index < -0.39 is 0 Å². The number of Topliss-reactive ketones (excluding diaryl/α,β-unsaturated/α-hetero) is 1. The van der Waals surface area contributed by atoms with Gasteiger partial charge < -0.3 is 0 Å². The molecule has 4 heteroatoms. The van der Waals surface area contributed by atoms with Crippen LogP contribution in [0, 0.1) is 5.41 Å². The zero-order chi connectivity index (χ0) is 13.2. The van der Waals surface area contributed by atoms with Crippen LogP contribution in [0.3, 0.4) is 0 Å². The Balaban J connectivity index is 2.18. The second-order valence-corrected chi connectivity index (χ2v) is 6.75. The summed E-state index contributed by atoms with van der Waals surface area (Å²) in [6.45, 7) is 6.42. The Labute approximate surface area is 113 Å². The van der Waals surface area contributed by atoms with Crippen molar-refractivity contribution in [3.63, 3.8) is 0 Å². The van der Waals surface area contributed by atoms with Crippen molar-refractivity contribution >= 4 is 17.5 Å². The van der Waals surface area contributed by atoms with E-state index in [4.69, 9.17) is 0 Å². The van der Waals surface area contributed by atoms with Gasteiger partial charge in [0.05, 0.1) is 17.0 Å². The Morgan fingerprint density at radius 1 is 1.39 bits per heavy atom. The fourth-order valence-corrected chi connectivity index (χ4v) is 3.00. The topological polar surface area (TPSA) is 42.9 Å². The number of thioether (sulfide) groups is 1. The minimum Gasteiger partial charge on any atom is -0.294 e. The zero-order valence-electron chi connectivity index (χ0n) is 11.3. The van der Waals surface area contributed by atoms with E-state index in [0.29, 0.717) is 6.42 Å². The molecule has 1 aromatic heterocycles. The Kier molecular flexibility index (Phi) is 4.05. The molecule has 0 bridgehead atoms. The van der Waals surface area contributed by atoms with Crippen molar-refractivity contribution in [3.8, 4) is 0 Å². The summed E-state index contributed by atoms with van der Waals surface area (Å²) in [6.07, 6.45) is 4.37. The lowest BCUT2D eigenvalue weighted by atomic mass is 9.76. The number of fused-ring (bicyclic) bond motifs is 1. The van der Waals surface area contributed by atoms with E-state index in [9.17, 15) is 4.79 Å². The van der Waals surface area contributed by atoms with Crippen LogP contribution in [0.4, 0.5) is 0 Å². The normalized spacial score (nSPS) is 17.6. The molecule has 98 valence electrons. The molecule has 1 aromatic rings. The van der Waals surface area contributed by atoms with E-state index in [1.54, 1.807) is 6.20 Å². The minimum absolute atomic E-state index is 0.0340. The molecule has 0 unspecified atom stereocenters. The summed E-state index contributed by atoms with van der Waals surface area (Å²) in [6, 6.07) is 0. The molecule has 0 saturated carbocycles. The maximum atomic E-state index is 12.0. The Morgan fingerprint density at radius 3 is 2.89 bits per heavy atom. The van der Waals surface area contributed by atoms with Gasteiger partial charge in [0.25, 0.3) is 0 Å². The van der Waals surface area contributed by atoms with Crippen LogP contribution >= 0.6 is 11.8 Å². The van der Waals surface area contributed by atoms with Gasteiger partial charge in [-0.2, -0.15) is 11.8 Å². The molecule has 0 amide bonds. The van der Waals surface area contributed by atoms with Gasteiger partial charge in [-0.3, -0.25) is 4.79 Å². The molecule has 1 aliphatic rings. The number of nitrogens with zero attached hydrogens (tertiary/aromatic N) is 2. The smallest absolute Gasteiger partial charge is 0.166 e. The van der Waals surface area contributed by atoms with Gasteiger partial charge in [0.1, 0.15) is 5.82 Å². The standard InChI is InChI=1S/C14H20N2OS/c1-4-5-18-9-13-15-8-10-11(16-13)6-14(2,3)7-12(10)17/h8H,4-7,9H2,1-3H3. The molecule has 0 aliphatic heterocycles. The van der Waals surface area contributed by atoms with Crippen LogP contribution in [0.25, 0.3) is 0 Å². The number of carbonyl (C=O) groups excluding carboxylic acids is 1. The molecular weight excluding hydrogens is 244 g/mol. The second kappa shape index (κ2) is 5.39. The summed E-state index contributed by atoms with van der Waals surface area (Å²) in [5, 5.41) is 0. The highest BCUT2D eigenvalue weighted by Crippen LogP contribution is 2.33. The monoisotopic (exact) mass is 264 g/mol. The zero-order valence-corrected chi connectivity index (χ0v) is 12.1. The van der Waals surface area contributed by atoms with E-state index in [1.807, 2.05) is 11.8 Å². The van der Waals surface area contributed by atoms with Gasteiger partial charge in [-0.05, 0) is 24.0 Å². The maximum absolute atomic E-state index is 12.0. The SMILES string of the molecule is CCCSCc1ncc2c(n1)CC(C)(C)CC2=O. The minimum atomic E-state index is 0.0340. The highest BCUT2D eigenvalue weighted by Gasteiger charge is 2.32. The van der Waals surface area contributed by atoms with Crippen LogP contribution < -0.4 is 0 Å². The summed E-state index contributed by atoms with van der Waals surface area (Å²) in [4.78, 5) is 20.9. The predicted molar refractivity (Wildman–Crippen MR) is 74.9 cm³/mol. The number of rotatable bonds is 4. The van der Waals surface area contributed by atoms with E-state index in [-0.39, 0.29) is 11.2 Å². The fourth-order valence-electron chi connectivity index (χ4n) is 2.25. The molecule has 0 spiro atoms. The lowest BCUT2D eigenvalue weighted by Crippen LogP contribution is -2.28. The first-order chi connectivity index (χ1) is 8.52. The fraction of sp³-hybridized carbons (Fsp3) is 0.643. The summed E-state index contributed by atoms with van der Waals surface area (Å²) < 4.78 is 0. The number of ketones is 1. The van der Waals surface area contributed by atoms with Gasteiger partial charge in [-0.25, -0.2) is 9.97 Å². The molecule has 0 fully saturated rings. The average Bonchev–Trinajstić information content (AvgIpc) is 2.27. The predicted octanol–water partition coefficient (Wildman–Crippen LogP) is 3.27. The van der Waals surface area contributed by atoms with Crippen LogP contribution in [-0.4, -0.2) is 21.5 Å². The first-order valence-electron chi connectivity index (χ1n) is 6.47. The number of aromatic nitrogens is 2. The molecular formula is C14H20N2OS. The second-order valence-electron chi connectivity index (χ2n) is 5.64. The maximum Gasteiger partial charge on any atom is 0.166 e. The van der Waals surface area contributed by atoms with Crippen molar-refractivity contribution in [3.05, 3.63) is 23.3 Å². The van der Waals surface area contributed by atoms with Crippen LogP contribution in [-0.2, 0) is 12.2 Å². The molecule has 18 heavy (non-hydrogen) atoms. The van der Waals surface area contributed by atoms with Crippen molar-refractivity contribution in [2.45, 2.75) is 45.8 Å². The molecule has 0 saturated heterocycles. The number of hydrogen-bond donors (Lipinski definition) is 0. The molecule has 0 atom stereocenters. The third-order valence-electron chi connectivity index (χ3n) is 3.08. The molecule has 1 aliphatic carbocycles. The van der Waals surface area contributed by atoms with Crippen molar-refractivity contribution in [1.82, 2.24) is 9.97 Å². The first kappa shape index (κ1) is 13.5. The van der Waals surface area contributed by atoms with Gasteiger partial charge in [0.15, 0.2) is 5.78 Å². The van der Waals surface area contributed by atoms with Gasteiger partial charge >= 0.3 is 0 Å². The molecule has 2 rings (SSSR count). The summed E-state index contributed by atoms with van der Waals surface area (Å²) in [5.41, 5.74) is 1.71. The van der Waals surface area contributed by atoms with Gasteiger partial charge in [0, 0.05) is 12.6 Å². The lowest BCUT2D eigenvalue weighted by molar-refractivity contribution is 0.0909. The van der Waals surface area contributed by atoms with Crippen LogP contribution in [0.1, 0.15) is 55.5 Å². The third kappa shape index (κ3) is 3.10. The Morgan fingerprint density at radius 2 is 2.17 bits per heavy atom. The van der Waals surface area contributed by atoms with E-state index >= 15 is 0 Å².